The van der Waals surface area contributed by atoms with Crippen LogP contribution >= 0.6 is 0 Å². The monoisotopic (exact) mass is 804 g/mol. The number of rotatable bonds is 23. The van der Waals surface area contributed by atoms with Crippen LogP contribution in [0.5, 0.6) is 0 Å². The number of unbranched alkanes of at least 4 members (excludes halogenated alkanes) is 8. The van der Waals surface area contributed by atoms with Crippen LogP contribution in [-0.2, 0) is 56.8 Å². The quantitative estimate of drug-likeness (QED) is 0.0875. The molecule has 0 amide bonds. The van der Waals surface area contributed by atoms with Crippen molar-refractivity contribution in [1.82, 2.24) is 10.6 Å². The second-order valence-electron chi connectivity index (χ2n) is 18.0. The molecule has 4 unspecified atom stereocenters. The minimum absolute atomic E-state index is 0.151. The second-order valence-corrected chi connectivity index (χ2v) is 18.0. The van der Waals surface area contributed by atoms with E-state index in [2.05, 4.69) is 10.6 Å². The molecule has 0 bridgehead atoms. The molecule has 0 spiro atoms. The van der Waals surface area contributed by atoms with E-state index in [0.717, 1.165) is 32.4 Å². The van der Waals surface area contributed by atoms with Gasteiger partial charge in [0.25, 0.3) is 0 Å². The van der Waals surface area contributed by atoms with E-state index < -0.39 is 54.2 Å². The molecule has 16 nitrogen and oxygen atoms in total. The van der Waals surface area contributed by atoms with Crippen LogP contribution in [0.4, 0.5) is 0 Å². The van der Waals surface area contributed by atoms with Gasteiger partial charge in [-0.25, -0.2) is 0 Å². The highest BCUT2D eigenvalue weighted by Crippen LogP contribution is 2.45. The van der Waals surface area contributed by atoms with E-state index in [0.29, 0.717) is 6.54 Å². The Morgan fingerprint density at radius 1 is 0.482 bits per heavy atom. The number of hydrogen-bond acceptors (Lipinski definition) is 16. The first-order valence-electron chi connectivity index (χ1n) is 21.2. The minimum Gasteiger partial charge on any atom is -0.389 e. The van der Waals surface area contributed by atoms with Crippen molar-refractivity contribution in [2.45, 2.75) is 210 Å². The highest BCUT2D eigenvalue weighted by Gasteiger charge is 2.62. The van der Waals surface area contributed by atoms with E-state index in [1.54, 1.807) is 0 Å². The van der Waals surface area contributed by atoms with Crippen molar-refractivity contribution in [1.29, 1.82) is 0 Å². The van der Waals surface area contributed by atoms with Gasteiger partial charge < -0.3 is 72.4 Å². The summed E-state index contributed by atoms with van der Waals surface area (Å²) in [5.74, 6) is -3.03. The molecule has 6 aliphatic rings. The van der Waals surface area contributed by atoms with Gasteiger partial charge in [0, 0.05) is 6.54 Å². The normalized spacial score (nSPS) is 37.2. The number of nitrogens with one attached hydrogen (secondary N) is 2. The van der Waals surface area contributed by atoms with Crippen molar-refractivity contribution in [3.63, 3.8) is 0 Å². The molecule has 56 heavy (non-hydrogen) atoms. The maximum Gasteiger partial charge on any atom is 0.190 e. The lowest BCUT2D eigenvalue weighted by molar-refractivity contribution is -0.244. The average Bonchev–Trinajstić information content (AvgIpc) is 3.81. The fourth-order valence-corrected chi connectivity index (χ4v) is 8.54. The van der Waals surface area contributed by atoms with E-state index in [1.165, 1.54) is 38.5 Å². The van der Waals surface area contributed by atoms with E-state index in [-0.39, 0.29) is 69.2 Å². The molecule has 6 rings (SSSR count). The second kappa shape index (κ2) is 19.4. The van der Waals surface area contributed by atoms with Crippen molar-refractivity contribution >= 4 is 0 Å². The predicted octanol–water partition coefficient (Wildman–Crippen LogP) is 3.18. The highest BCUT2D eigenvalue weighted by molar-refractivity contribution is 5.01. The summed E-state index contributed by atoms with van der Waals surface area (Å²) >= 11 is 0. The van der Waals surface area contributed by atoms with Gasteiger partial charge in [-0.05, 0) is 81.3 Å². The van der Waals surface area contributed by atoms with Gasteiger partial charge in [-0.1, -0.05) is 44.9 Å². The zero-order chi connectivity index (χ0) is 40.1. The number of hydrogen-bond donors (Lipinski definition) is 4. The SMILES string of the molecule is CC1(C)O[C@H]2OC(COCC(O)CNCCCCCCCCCCCNC(O)COCC3O[C@@H]4OC(C)(C)O[C@@H]4[C@H]4OC(C)(C)O[C@@H]34)[C@@H]3OC(C)(C)O[C@@H]3[C@H]2O1. The summed E-state index contributed by atoms with van der Waals surface area (Å²) < 4.78 is 72.6. The van der Waals surface area contributed by atoms with Gasteiger partial charge in [0.2, 0.25) is 0 Å². The maximum atomic E-state index is 10.5. The number of aliphatic hydroxyl groups is 2. The van der Waals surface area contributed by atoms with Crippen molar-refractivity contribution in [2.24, 2.45) is 0 Å². The van der Waals surface area contributed by atoms with Crippen LogP contribution in [0.1, 0.15) is 113 Å². The van der Waals surface area contributed by atoms with Gasteiger partial charge in [-0.2, -0.15) is 0 Å². The first-order chi connectivity index (χ1) is 26.5. The molecule has 4 N–H and O–H groups in total. The first-order valence-corrected chi connectivity index (χ1v) is 21.2. The van der Waals surface area contributed by atoms with Crippen molar-refractivity contribution in [2.75, 3.05) is 46.1 Å². The third-order valence-corrected chi connectivity index (χ3v) is 10.9. The van der Waals surface area contributed by atoms with Crippen LogP contribution in [0.15, 0.2) is 0 Å². The summed E-state index contributed by atoms with van der Waals surface area (Å²) in [6, 6.07) is 0. The van der Waals surface area contributed by atoms with Gasteiger partial charge in [0.1, 0.15) is 55.1 Å². The summed E-state index contributed by atoms with van der Waals surface area (Å²) in [4.78, 5) is 0. The molecule has 0 aromatic carbocycles. The molecule has 326 valence electrons. The highest BCUT2D eigenvalue weighted by atomic mass is 16.9. The van der Waals surface area contributed by atoms with Crippen molar-refractivity contribution < 1.29 is 67.1 Å². The molecule has 0 radical (unpaired) electrons. The lowest BCUT2D eigenvalue weighted by atomic mass is 9.99. The van der Waals surface area contributed by atoms with Crippen LogP contribution in [0.3, 0.4) is 0 Å². The summed E-state index contributed by atoms with van der Waals surface area (Å²) in [5, 5.41) is 27.4. The smallest absolute Gasteiger partial charge is 0.190 e. The predicted molar refractivity (Wildman–Crippen MR) is 201 cm³/mol. The van der Waals surface area contributed by atoms with Gasteiger partial charge in [0.05, 0.1) is 32.5 Å². The molecule has 12 atom stereocenters. The van der Waals surface area contributed by atoms with Crippen LogP contribution in [0, 0.1) is 0 Å². The van der Waals surface area contributed by atoms with Gasteiger partial charge in [-0.3, -0.25) is 5.32 Å². The lowest BCUT2D eigenvalue weighted by Gasteiger charge is -2.37. The van der Waals surface area contributed by atoms with Gasteiger partial charge in [0.15, 0.2) is 35.7 Å². The Morgan fingerprint density at radius 2 is 0.875 bits per heavy atom. The fraction of sp³-hybridized carbons (Fsp3) is 1.00. The van der Waals surface area contributed by atoms with Crippen LogP contribution in [0.25, 0.3) is 0 Å². The first kappa shape index (κ1) is 44.9. The third-order valence-electron chi connectivity index (χ3n) is 10.9. The molecule has 16 heteroatoms. The summed E-state index contributed by atoms with van der Waals surface area (Å²) in [6.45, 7) is 17.9. The van der Waals surface area contributed by atoms with Crippen LogP contribution < -0.4 is 10.6 Å². The van der Waals surface area contributed by atoms with Gasteiger partial charge >= 0.3 is 0 Å². The zero-order valence-corrected chi connectivity index (χ0v) is 35.0. The topological polar surface area (TPSA) is 175 Å². The number of ether oxygens (including phenoxy) is 12. The average molecular weight is 805 g/mol. The molecule has 0 aromatic heterocycles. The van der Waals surface area contributed by atoms with Crippen molar-refractivity contribution in [3.8, 4) is 0 Å². The Morgan fingerprint density at radius 3 is 1.38 bits per heavy atom. The van der Waals surface area contributed by atoms with Crippen LogP contribution in [-0.4, -0.2) is 153 Å². The maximum absolute atomic E-state index is 10.5. The molecule has 6 heterocycles. The molecule has 6 fully saturated rings. The molecule has 0 aromatic rings. The van der Waals surface area contributed by atoms with E-state index in [1.807, 2.05) is 55.4 Å². The van der Waals surface area contributed by atoms with Crippen LogP contribution in [0.2, 0.25) is 0 Å². The summed E-state index contributed by atoms with van der Waals surface area (Å²) in [5.41, 5.74) is 0. The largest absolute Gasteiger partial charge is 0.389 e. The molecule has 0 saturated carbocycles. The molecular formula is C40H72N2O14. The van der Waals surface area contributed by atoms with Crippen molar-refractivity contribution in [3.05, 3.63) is 0 Å². The summed E-state index contributed by atoms with van der Waals surface area (Å²) in [6.07, 6.45) is 5.15. The molecule has 6 saturated heterocycles. The van der Waals surface area contributed by atoms with Gasteiger partial charge in [-0.15, -0.1) is 0 Å². The van der Waals surface area contributed by atoms with E-state index in [4.69, 9.17) is 56.8 Å². The number of fused-ring (bicyclic) bond motifs is 6. The Balaban J connectivity index is 0.711. The van der Waals surface area contributed by atoms with E-state index >= 15 is 0 Å². The third kappa shape index (κ3) is 12.5. The van der Waals surface area contributed by atoms with E-state index in [9.17, 15) is 10.2 Å². The minimum atomic E-state index is -0.764. The molecule has 6 aliphatic heterocycles. The number of aliphatic hydroxyl groups excluding tert-OH is 2. The zero-order valence-electron chi connectivity index (χ0n) is 35.0. The molecule has 0 aliphatic carbocycles. The Labute approximate surface area is 333 Å². The fourth-order valence-electron chi connectivity index (χ4n) is 8.54. The molecular weight excluding hydrogens is 732 g/mol. The Kier molecular flexibility index (Phi) is 15.5. The standard InChI is InChI=1S/C40H72N2O14/c1-37(2)49-29-26(47-35-33(31(29)51-37)53-39(5,6)55-35)22-45-21-25(43)20-41-18-16-14-12-10-9-11-13-15-17-19-42-28(44)24-46-23-27-30-32(52-38(3,4)50-30)34-36(48-27)56-40(7,8)54-34/h25-36,41-44H,9-24H2,1-8H3/t25?,26?,27?,28?,29-,30-,31-,32-,33+,34+,35+,36+/m0/s1. The lowest BCUT2D eigenvalue weighted by Crippen LogP contribution is -2.56. The Hall–Kier alpha value is -0.640. The Bertz CT molecular complexity index is 1120. The summed E-state index contributed by atoms with van der Waals surface area (Å²) in [7, 11) is 0.